The molecule has 0 radical (unpaired) electrons. The van der Waals surface area contributed by atoms with Crippen molar-refractivity contribution in [3.8, 4) is 0 Å². The molecule has 0 amide bonds. The number of methoxy groups -OCH3 is 1. The second-order valence-electron chi connectivity index (χ2n) is 4.06. The van der Waals surface area contributed by atoms with Crippen LogP contribution in [0, 0.1) is 0 Å². The van der Waals surface area contributed by atoms with E-state index in [0.29, 0.717) is 24.4 Å². The molecule has 0 unspecified atom stereocenters. The first-order chi connectivity index (χ1) is 9.31. The molecule has 98 valence electrons. The zero-order valence-electron chi connectivity index (χ0n) is 10.4. The van der Waals surface area contributed by atoms with Gasteiger partial charge in [0, 0.05) is 26.3 Å². The van der Waals surface area contributed by atoms with Crippen LogP contribution in [0.1, 0.15) is 6.42 Å². The van der Waals surface area contributed by atoms with E-state index in [4.69, 9.17) is 4.74 Å². The molecule has 0 saturated heterocycles. The zero-order valence-corrected chi connectivity index (χ0v) is 10.4. The quantitative estimate of drug-likeness (QED) is 0.607. The number of ether oxygens (including phenoxy) is 1. The van der Waals surface area contributed by atoms with Crippen molar-refractivity contribution in [3.63, 3.8) is 0 Å². The van der Waals surface area contributed by atoms with Crippen molar-refractivity contribution < 1.29 is 4.74 Å². The van der Waals surface area contributed by atoms with Crippen molar-refractivity contribution >= 4 is 16.8 Å². The predicted molar refractivity (Wildman–Crippen MR) is 66.8 cm³/mol. The summed E-state index contributed by atoms with van der Waals surface area (Å²) in [5, 5.41) is 11.9. The lowest BCUT2D eigenvalue weighted by molar-refractivity contribution is 0.190. The van der Waals surface area contributed by atoms with E-state index in [-0.39, 0.29) is 11.1 Å². The Morgan fingerprint density at radius 3 is 3.11 bits per heavy atom. The van der Waals surface area contributed by atoms with Gasteiger partial charge >= 0.3 is 0 Å². The van der Waals surface area contributed by atoms with Crippen molar-refractivity contribution in [3.05, 3.63) is 28.9 Å². The minimum Gasteiger partial charge on any atom is -0.385 e. The molecule has 0 atom stereocenters. The highest BCUT2D eigenvalue weighted by molar-refractivity contribution is 5.70. The summed E-state index contributed by atoms with van der Waals surface area (Å²) in [6.45, 7) is 1.13. The van der Waals surface area contributed by atoms with Crippen LogP contribution in [0.3, 0.4) is 0 Å². The molecule has 3 heterocycles. The highest BCUT2D eigenvalue weighted by Gasteiger charge is 2.10. The van der Waals surface area contributed by atoms with Gasteiger partial charge in [-0.1, -0.05) is 0 Å². The van der Waals surface area contributed by atoms with E-state index < -0.39 is 0 Å². The number of aromatic nitrogens is 6. The highest BCUT2D eigenvalue weighted by Crippen LogP contribution is 2.04. The Labute approximate surface area is 107 Å². The fraction of sp³-hybridized carbons (Fsp3) is 0.364. The summed E-state index contributed by atoms with van der Waals surface area (Å²) in [6.07, 6.45) is 3.83. The second kappa shape index (κ2) is 4.73. The molecule has 0 aliphatic carbocycles. The molecule has 3 aromatic heterocycles. The van der Waals surface area contributed by atoms with Gasteiger partial charge in [-0.3, -0.25) is 9.36 Å². The summed E-state index contributed by atoms with van der Waals surface area (Å²) in [6, 6.07) is 1.71. The third kappa shape index (κ3) is 1.95. The molecule has 0 aliphatic heterocycles. The highest BCUT2D eigenvalue weighted by atomic mass is 16.5. The zero-order chi connectivity index (χ0) is 13.2. The number of hydrogen-bond donors (Lipinski definition) is 0. The SMILES string of the molecule is COCCCn1cnc2c(nnc3ccnn32)c1=O. The van der Waals surface area contributed by atoms with Gasteiger partial charge in [-0.25, -0.2) is 4.98 Å². The fourth-order valence-electron chi connectivity index (χ4n) is 1.89. The van der Waals surface area contributed by atoms with Crippen molar-refractivity contribution in [2.24, 2.45) is 0 Å². The average Bonchev–Trinajstić information content (AvgIpc) is 2.90. The Morgan fingerprint density at radius 2 is 2.26 bits per heavy atom. The van der Waals surface area contributed by atoms with Crippen molar-refractivity contribution in [2.75, 3.05) is 13.7 Å². The number of aryl methyl sites for hydroxylation is 1. The molecular weight excluding hydrogens is 248 g/mol. The monoisotopic (exact) mass is 260 g/mol. The number of fused-ring (bicyclic) bond motifs is 3. The standard InChI is InChI=1S/C11H12N6O2/c1-19-6-2-5-16-7-12-10-9(11(16)18)15-14-8-3-4-13-17(8)10/h3-4,7H,2,5-6H2,1H3. The maximum atomic E-state index is 12.2. The molecular formula is C11H12N6O2. The summed E-state index contributed by atoms with van der Waals surface area (Å²) in [7, 11) is 1.63. The average molecular weight is 260 g/mol. The fourth-order valence-corrected chi connectivity index (χ4v) is 1.89. The topological polar surface area (TPSA) is 87.2 Å². The Kier molecular flexibility index (Phi) is 2.92. The van der Waals surface area contributed by atoms with Crippen LogP contribution in [0.5, 0.6) is 0 Å². The van der Waals surface area contributed by atoms with Crippen LogP contribution in [0.25, 0.3) is 16.8 Å². The van der Waals surface area contributed by atoms with E-state index in [0.717, 1.165) is 6.42 Å². The van der Waals surface area contributed by atoms with Gasteiger partial charge in [0.2, 0.25) is 0 Å². The van der Waals surface area contributed by atoms with Gasteiger partial charge in [-0.05, 0) is 6.42 Å². The van der Waals surface area contributed by atoms with Crippen LogP contribution < -0.4 is 5.56 Å². The van der Waals surface area contributed by atoms with Gasteiger partial charge in [-0.15, -0.1) is 10.2 Å². The number of nitrogens with zero attached hydrogens (tertiary/aromatic N) is 6. The molecule has 19 heavy (non-hydrogen) atoms. The molecule has 0 fully saturated rings. The molecule has 0 N–H and O–H groups in total. The summed E-state index contributed by atoms with van der Waals surface area (Å²) in [4.78, 5) is 16.5. The first kappa shape index (κ1) is 11.7. The van der Waals surface area contributed by atoms with Crippen LogP contribution in [0.4, 0.5) is 0 Å². The van der Waals surface area contributed by atoms with Gasteiger partial charge < -0.3 is 4.74 Å². The molecule has 0 aromatic carbocycles. The molecule has 8 heteroatoms. The first-order valence-electron chi connectivity index (χ1n) is 5.86. The lowest BCUT2D eigenvalue weighted by atomic mass is 10.4. The smallest absolute Gasteiger partial charge is 0.283 e. The van der Waals surface area contributed by atoms with Crippen LogP contribution >= 0.6 is 0 Å². The summed E-state index contributed by atoms with van der Waals surface area (Å²) in [5.74, 6) is 0. The molecule has 3 aromatic rings. The molecule has 0 spiro atoms. The van der Waals surface area contributed by atoms with Crippen LogP contribution in [0.15, 0.2) is 23.4 Å². The van der Waals surface area contributed by atoms with Crippen LogP contribution in [-0.2, 0) is 11.3 Å². The maximum absolute atomic E-state index is 12.2. The van der Waals surface area contributed by atoms with Gasteiger partial charge in [0.1, 0.15) is 6.33 Å². The number of hydrogen-bond acceptors (Lipinski definition) is 6. The van der Waals surface area contributed by atoms with E-state index in [1.807, 2.05) is 0 Å². The molecule has 3 rings (SSSR count). The summed E-state index contributed by atoms with van der Waals surface area (Å²) >= 11 is 0. The Balaban J connectivity index is 2.11. The third-order valence-electron chi connectivity index (χ3n) is 2.82. The van der Waals surface area contributed by atoms with Gasteiger partial charge in [0.25, 0.3) is 5.56 Å². The molecule has 0 saturated carbocycles. The van der Waals surface area contributed by atoms with E-state index in [9.17, 15) is 4.79 Å². The van der Waals surface area contributed by atoms with Gasteiger partial charge in [-0.2, -0.15) is 9.61 Å². The van der Waals surface area contributed by atoms with Gasteiger partial charge in [0.15, 0.2) is 16.8 Å². The predicted octanol–water partition coefficient (Wildman–Crippen LogP) is -0.129. The minimum absolute atomic E-state index is 0.217. The Bertz CT molecular complexity index is 778. The third-order valence-corrected chi connectivity index (χ3v) is 2.82. The lowest BCUT2D eigenvalue weighted by Gasteiger charge is -2.05. The second-order valence-corrected chi connectivity index (χ2v) is 4.06. The largest absolute Gasteiger partial charge is 0.385 e. The van der Waals surface area contributed by atoms with Crippen molar-refractivity contribution in [2.45, 2.75) is 13.0 Å². The first-order valence-corrected chi connectivity index (χ1v) is 5.86. The Morgan fingerprint density at radius 1 is 1.37 bits per heavy atom. The minimum atomic E-state index is -0.217. The van der Waals surface area contributed by atoms with E-state index in [1.165, 1.54) is 15.4 Å². The van der Waals surface area contributed by atoms with Crippen LogP contribution in [0.2, 0.25) is 0 Å². The molecule has 0 aliphatic rings. The van der Waals surface area contributed by atoms with E-state index in [2.05, 4.69) is 20.3 Å². The lowest BCUT2D eigenvalue weighted by Crippen LogP contribution is -2.23. The van der Waals surface area contributed by atoms with Crippen LogP contribution in [-0.4, -0.2) is 43.1 Å². The van der Waals surface area contributed by atoms with E-state index in [1.54, 1.807) is 19.4 Å². The molecule has 8 nitrogen and oxygen atoms in total. The summed E-state index contributed by atoms with van der Waals surface area (Å²) in [5.41, 5.74) is 0.988. The summed E-state index contributed by atoms with van der Waals surface area (Å²) < 4.78 is 7.97. The van der Waals surface area contributed by atoms with Crippen molar-refractivity contribution in [1.82, 2.24) is 29.4 Å². The van der Waals surface area contributed by atoms with Gasteiger partial charge in [0.05, 0.1) is 6.20 Å². The maximum Gasteiger partial charge on any atom is 0.283 e. The number of rotatable bonds is 4. The Hall–Kier alpha value is -2.35. The van der Waals surface area contributed by atoms with E-state index >= 15 is 0 Å². The molecule has 0 bridgehead atoms. The normalized spacial score (nSPS) is 11.4. The van der Waals surface area contributed by atoms with Crippen molar-refractivity contribution in [1.29, 1.82) is 0 Å².